The Balaban J connectivity index is 2.09. The average molecular weight is 300 g/mol. The van der Waals surface area contributed by atoms with Crippen LogP contribution < -0.4 is 14.6 Å². The molecule has 0 spiro atoms. The Morgan fingerprint density at radius 1 is 1.23 bits per heavy atom. The molecule has 6 heteroatoms. The monoisotopic (exact) mass is 300 g/mol. The van der Waals surface area contributed by atoms with Gasteiger partial charge in [-0.2, -0.15) is 0 Å². The summed E-state index contributed by atoms with van der Waals surface area (Å²) in [6.45, 7) is 0.261. The van der Waals surface area contributed by atoms with Crippen molar-refractivity contribution in [3.8, 4) is 11.5 Å². The van der Waals surface area contributed by atoms with E-state index in [-0.39, 0.29) is 12.2 Å². The van der Waals surface area contributed by atoms with Crippen LogP contribution in [0.15, 0.2) is 47.6 Å². The molecule has 0 saturated carbocycles. The van der Waals surface area contributed by atoms with Crippen LogP contribution in [-0.2, 0) is 6.61 Å². The fourth-order valence-corrected chi connectivity index (χ4v) is 1.85. The summed E-state index contributed by atoms with van der Waals surface area (Å²) in [6, 6.07) is 11.3. The molecule has 0 unspecified atom stereocenters. The van der Waals surface area contributed by atoms with Crippen LogP contribution >= 0.6 is 0 Å². The quantitative estimate of drug-likeness (QED) is 0.495. The lowest BCUT2D eigenvalue weighted by Gasteiger charge is -2.11. The van der Waals surface area contributed by atoms with E-state index < -0.39 is 5.97 Å². The predicted molar refractivity (Wildman–Crippen MR) is 77.5 cm³/mol. The number of oxime groups is 1. The number of benzene rings is 2. The maximum Gasteiger partial charge on any atom is 0.161 e. The highest BCUT2D eigenvalue weighted by atomic mass is 16.5. The summed E-state index contributed by atoms with van der Waals surface area (Å²) >= 11 is 0. The normalized spacial score (nSPS) is 10.6. The summed E-state index contributed by atoms with van der Waals surface area (Å²) in [5, 5.41) is 22.1. The van der Waals surface area contributed by atoms with Crippen molar-refractivity contribution in [3.63, 3.8) is 0 Å². The van der Waals surface area contributed by atoms with E-state index in [1.807, 2.05) is 0 Å². The highest BCUT2D eigenvalue weighted by Gasteiger charge is 2.06. The summed E-state index contributed by atoms with van der Waals surface area (Å²) in [5.41, 5.74) is 1.60. The molecular formula is C16H14NO5-. The minimum Gasteiger partial charge on any atom is -0.545 e. The van der Waals surface area contributed by atoms with Crippen LogP contribution in [0.25, 0.3) is 0 Å². The van der Waals surface area contributed by atoms with Crippen molar-refractivity contribution in [1.82, 2.24) is 0 Å². The van der Waals surface area contributed by atoms with Gasteiger partial charge < -0.3 is 24.6 Å². The number of nitrogens with zero attached hydrogens (tertiary/aromatic N) is 1. The predicted octanol–water partition coefficient (Wildman–Crippen LogP) is 1.45. The van der Waals surface area contributed by atoms with Gasteiger partial charge in [-0.15, -0.1) is 0 Å². The van der Waals surface area contributed by atoms with Gasteiger partial charge in [-0.3, -0.25) is 0 Å². The van der Waals surface area contributed by atoms with E-state index in [0.29, 0.717) is 17.1 Å². The molecule has 0 aliphatic rings. The third kappa shape index (κ3) is 3.76. The van der Waals surface area contributed by atoms with Gasteiger partial charge in [0.05, 0.1) is 19.3 Å². The summed E-state index contributed by atoms with van der Waals surface area (Å²) in [6.07, 6.45) is 1.28. The Morgan fingerprint density at radius 2 is 1.95 bits per heavy atom. The number of carboxylic acids is 1. The number of hydrogen-bond acceptors (Lipinski definition) is 6. The zero-order valence-corrected chi connectivity index (χ0v) is 11.9. The van der Waals surface area contributed by atoms with Crippen LogP contribution in [0.3, 0.4) is 0 Å². The Morgan fingerprint density at radius 3 is 2.55 bits per heavy atom. The second-order valence-electron chi connectivity index (χ2n) is 4.43. The lowest BCUT2D eigenvalue weighted by molar-refractivity contribution is -0.255. The molecule has 0 radical (unpaired) electrons. The Bertz CT molecular complexity index is 679. The van der Waals surface area contributed by atoms with E-state index >= 15 is 0 Å². The van der Waals surface area contributed by atoms with Crippen molar-refractivity contribution in [1.29, 1.82) is 0 Å². The van der Waals surface area contributed by atoms with Crippen LogP contribution in [0.4, 0.5) is 0 Å². The van der Waals surface area contributed by atoms with Crippen LogP contribution in [0.2, 0.25) is 0 Å². The molecule has 2 rings (SSSR count). The van der Waals surface area contributed by atoms with E-state index in [1.165, 1.54) is 25.5 Å². The molecule has 6 nitrogen and oxygen atoms in total. The molecule has 114 valence electrons. The van der Waals surface area contributed by atoms with Gasteiger partial charge in [0.15, 0.2) is 11.5 Å². The maximum absolute atomic E-state index is 10.7. The van der Waals surface area contributed by atoms with Crippen molar-refractivity contribution in [2.45, 2.75) is 6.61 Å². The van der Waals surface area contributed by atoms with E-state index in [9.17, 15) is 9.90 Å². The Labute approximate surface area is 127 Å². The smallest absolute Gasteiger partial charge is 0.161 e. The van der Waals surface area contributed by atoms with Crippen LogP contribution in [0, 0.1) is 0 Å². The third-order valence-corrected chi connectivity index (χ3v) is 2.98. The largest absolute Gasteiger partial charge is 0.545 e. The number of carbonyl (C=O) groups excluding carboxylic acids is 1. The number of carboxylic acid groups (broad SMARTS) is 1. The Kier molecular flexibility index (Phi) is 4.98. The second-order valence-corrected chi connectivity index (χ2v) is 4.43. The lowest BCUT2D eigenvalue weighted by Crippen LogP contribution is -2.22. The van der Waals surface area contributed by atoms with Gasteiger partial charge in [-0.05, 0) is 29.3 Å². The standard InChI is InChI=1S/C16H15NO5/c1-21-15-8-12(9-17-20)4-7-14(15)22-10-11-2-5-13(6-3-11)16(18)19/h2-9,20H,10H2,1H3,(H,18,19)/p-1. The molecule has 0 amide bonds. The minimum atomic E-state index is -1.21. The number of methoxy groups -OCH3 is 1. The van der Waals surface area contributed by atoms with E-state index in [1.54, 1.807) is 30.3 Å². The molecule has 0 aliphatic carbocycles. The van der Waals surface area contributed by atoms with Gasteiger partial charge in [0.2, 0.25) is 0 Å². The van der Waals surface area contributed by atoms with Crippen molar-refractivity contribution in [2.24, 2.45) is 5.16 Å². The fraction of sp³-hybridized carbons (Fsp3) is 0.125. The van der Waals surface area contributed by atoms with Crippen molar-refractivity contribution < 1.29 is 24.6 Å². The van der Waals surface area contributed by atoms with Crippen LogP contribution in [-0.4, -0.2) is 24.5 Å². The van der Waals surface area contributed by atoms with Gasteiger partial charge >= 0.3 is 0 Å². The molecule has 0 aliphatic heterocycles. The number of carbonyl (C=O) groups is 1. The van der Waals surface area contributed by atoms with Crippen molar-refractivity contribution in [2.75, 3.05) is 7.11 Å². The molecule has 0 aromatic heterocycles. The van der Waals surface area contributed by atoms with Crippen molar-refractivity contribution >= 4 is 12.2 Å². The first kappa shape index (κ1) is 15.4. The first-order valence-corrected chi connectivity index (χ1v) is 6.42. The number of ether oxygens (including phenoxy) is 2. The maximum atomic E-state index is 10.7. The highest BCUT2D eigenvalue weighted by molar-refractivity contribution is 5.85. The SMILES string of the molecule is COc1cc(C=NO)ccc1OCc1ccc(C(=O)[O-])cc1. The number of aromatic carboxylic acids is 1. The summed E-state index contributed by atoms with van der Waals surface area (Å²) in [7, 11) is 1.51. The second kappa shape index (κ2) is 7.12. The van der Waals surface area contributed by atoms with Crippen LogP contribution in [0.1, 0.15) is 21.5 Å². The topological polar surface area (TPSA) is 91.2 Å². The average Bonchev–Trinajstić information content (AvgIpc) is 2.54. The van der Waals surface area contributed by atoms with E-state index in [2.05, 4.69) is 5.16 Å². The lowest BCUT2D eigenvalue weighted by atomic mass is 10.1. The van der Waals surface area contributed by atoms with E-state index in [4.69, 9.17) is 14.7 Å². The summed E-state index contributed by atoms with van der Waals surface area (Å²) in [4.78, 5) is 10.7. The van der Waals surface area contributed by atoms with Gasteiger partial charge in [0.25, 0.3) is 0 Å². The zero-order valence-electron chi connectivity index (χ0n) is 11.9. The first-order valence-electron chi connectivity index (χ1n) is 6.42. The van der Waals surface area contributed by atoms with Gasteiger partial charge in [0.1, 0.15) is 6.61 Å². The number of rotatable bonds is 6. The third-order valence-electron chi connectivity index (χ3n) is 2.98. The summed E-state index contributed by atoms with van der Waals surface area (Å²) in [5.74, 6) is -0.180. The molecule has 22 heavy (non-hydrogen) atoms. The highest BCUT2D eigenvalue weighted by Crippen LogP contribution is 2.28. The number of hydrogen-bond donors (Lipinski definition) is 1. The molecule has 2 aromatic carbocycles. The fourth-order valence-electron chi connectivity index (χ4n) is 1.85. The summed E-state index contributed by atoms with van der Waals surface area (Å²) < 4.78 is 10.9. The van der Waals surface area contributed by atoms with Gasteiger partial charge in [-0.1, -0.05) is 29.4 Å². The van der Waals surface area contributed by atoms with Crippen LogP contribution in [0.5, 0.6) is 11.5 Å². The molecular weight excluding hydrogens is 286 g/mol. The molecule has 0 saturated heterocycles. The first-order chi connectivity index (χ1) is 10.6. The van der Waals surface area contributed by atoms with Crippen molar-refractivity contribution in [3.05, 3.63) is 59.2 Å². The Hall–Kier alpha value is -3.02. The van der Waals surface area contributed by atoms with E-state index in [0.717, 1.165) is 5.56 Å². The van der Waals surface area contributed by atoms with Gasteiger partial charge in [0, 0.05) is 5.56 Å². The molecule has 1 N–H and O–H groups in total. The van der Waals surface area contributed by atoms with Gasteiger partial charge in [-0.25, -0.2) is 0 Å². The zero-order chi connectivity index (χ0) is 15.9. The molecule has 0 heterocycles. The molecule has 0 bridgehead atoms. The minimum absolute atomic E-state index is 0.119. The molecule has 0 fully saturated rings. The molecule has 2 aromatic rings. The molecule has 0 atom stereocenters.